The topological polar surface area (TPSA) is 97.7 Å². The first kappa shape index (κ1) is 21.8. The largest absolute Gasteiger partial charge is 0.444 e. The van der Waals surface area contributed by atoms with Crippen molar-refractivity contribution in [2.75, 3.05) is 40.3 Å². The molecule has 26 heavy (non-hydrogen) atoms. The molecule has 0 radical (unpaired) electrons. The molecule has 1 saturated heterocycles. The van der Waals surface area contributed by atoms with E-state index in [1.165, 1.54) is 6.20 Å². The van der Waals surface area contributed by atoms with Gasteiger partial charge in [0.1, 0.15) is 17.2 Å². The highest BCUT2D eigenvalue weighted by Gasteiger charge is 2.25. The second-order valence-electron chi connectivity index (χ2n) is 7.50. The maximum atomic E-state index is 12.5. The van der Waals surface area contributed by atoms with Crippen molar-refractivity contribution in [2.45, 2.75) is 45.3 Å². The first-order valence-corrected chi connectivity index (χ1v) is 8.90. The standard InChI is InChI=1S/C18H31N5O3/c1-18(2,3)26-17(25)21-9-8-20-13-14(12-19)16(24)23(5)15-6-10-22(4)11-7-15/h13,15,20H,6-11H2,1-5H3,(H,21,25)/b14-13-. The summed E-state index contributed by atoms with van der Waals surface area (Å²) in [6, 6.07) is 2.10. The molecule has 0 aromatic carbocycles. The zero-order chi connectivity index (χ0) is 19.7. The molecule has 2 amide bonds. The second-order valence-corrected chi connectivity index (χ2v) is 7.50. The van der Waals surface area contributed by atoms with Gasteiger partial charge in [-0.1, -0.05) is 0 Å². The van der Waals surface area contributed by atoms with Gasteiger partial charge in [0.2, 0.25) is 0 Å². The van der Waals surface area contributed by atoms with E-state index in [0.29, 0.717) is 13.1 Å². The average Bonchev–Trinajstić information content (AvgIpc) is 2.56. The lowest BCUT2D eigenvalue weighted by atomic mass is 10.0. The van der Waals surface area contributed by atoms with Crippen LogP contribution in [0.5, 0.6) is 0 Å². The number of hydrogen-bond acceptors (Lipinski definition) is 6. The number of ether oxygens (including phenoxy) is 1. The third-order valence-electron chi connectivity index (χ3n) is 4.09. The van der Waals surface area contributed by atoms with Crippen molar-refractivity contribution in [3.8, 4) is 6.07 Å². The fraction of sp³-hybridized carbons (Fsp3) is 0.722. The Morgan fingerprint density at radius 2 is 1.92 bits per heavy atom. The summed E-state index contributed by atoms with van der Waals surface area (Å²) in [5, 5.41) is 14.7. The minimum absolute atomic E-state index is 0.0590. The Kier molecular flexibility index (Phi) is 8.39. The molecule has 0 aromatic heterocycles. The molecule has 0 bridgehead atoms. The minimum Gasteiger partial charge on any atom is -0.444 e. The van der Waals surface area contributed by atoms with Crippen LogP contribution in [0.25, 0.3) is 0 Å². The predicted octanol–water partition coefficient (Wildman–Crippen LogP) is 1.06. The van der Waals surface area contributed by atoms with Gasteiger partial charge in [-0.25, -0.2) is 4.79 Å². The van der Waals surface area contributed by atoms with Crippen LogP contribution in [0.3, 0.4) is 0 Å². The third kappa shape index (κ3) is 7.74. The number of carbonyl (C=O) groups is 2. The van der Waals surface area contributed by atoms with E-state index in [4.69, 9.17) is 4.74 Å². The van der Waals surface area contributed by atoms with Gasteiger partial charge in [0, 0.05) is 32.4 Å². The number of piperidine rings is 1. The fourth-order valence-electron chi connectivity index (χ4n) is 2.61. The van der Waals surface area contributed by atoms with Crippen LogP contribution in [-0.2, 0) is 9.53 Å². The smallest absolute Gasteiger partial charge is 0.407 e. The second kappa shape index (κ2) is 10.0. The monoisotopic (exact) mass is 365 g/mol. The van der Waals surface area contributed by atoms with E-state index in [1.807, 2.05) is 6.07 Å². The molecule has 0 atom stereocenters. The van der Waals surface area contributed by atoms with Gasteiger partial charge in [0.05, 0.1) is 0 Å². The number of likely N-dealkylation sites (N-methyl/N-ethyl adjacent to an activating group) is 1. The lowest BCUT2D eigenvalue weighted by Crippen LogP contribution is -2.45. The molecule has 1 aliphatic rings. The van der Waals surface area contributed by atoms with Gasteiger partial charge in [0.15, 0.2) is 0 Å². The summed E-state index contributed by atoms with van der Waals surface area (Å²) in [5.41, 5.74) is -0.486. The maximum absolute atomic E-state index is 12.5. The van der Waals surface area contributed by atoms with Crippen molar-refractivity contribution in [1.29, 1.82) is 5.26 Å². The number of alkyl carbamates (subject to hydrolysis) is 1. The Morgan fingerprint density at radius 1 is 1.31 bits per heavy atom. The number of nitrogens with one attached hydrogen (secondary N) is 2. The van der Waals surface area contributed by atoms with Crippen molar-refractivity contribution >= 4 is 12.0 Å². The highest BCUT2D eigenvalue weighted by atomic mass is 16.6. The number of hydrogen-bond donors (Lipinski definition) is 2. The molecule has 0 aromatic rings. The van der Waals surface area contributed by atoms with E-state index in [9.17, 15) is 14.9 Å². The van der Waals surface area contributed by atoms with Crippen LogP contribution in [0.4, 0.5) is 4.79 Å². The minimum atomic E-state index is -0.545. The van der Waals surface area contributed by atoms with Crippen LogP contribution in [0.1, 0.15) is 33.6 Å². The third-order valence-corrected chi connectivity index (χ3v) is 4.09. The number of rotatable bonds is 6. The molecular weight excluding hydrogens is 334 g/mol. The van der Waals surface area contributed by atoms with Crippen LogP contribution in [0, 0.1) is 11.3 Å². The van der Waals surface area contributed by atoms with Gasteiger partial charge in [0.25, 0.3) is 5.91 Å². The van der Waals surface area contributed by atoms with E-state index in [1.54, 1.807) is 32.7 Å². The van der Waals surface area contributed by atoms with E-state index in [0.717, 1.165) is 25.9 Å². The van der Waals surface area contributed by atoms with Crippen LogP contribution in [0.2, 0.25) is 0 Å². The summed E-state index contributed by atoms with van der Waals surface area (Å²) in [6.45, 7) is 7.97. The molecule has 146 valence electrons. The molecule has 1 aliphatic heterocycles. The van der Waals surface area contributed by atoms with Crippen molar-refractivity contribution in [3.63, 3.8) is 0 Å². The highest BCUT2D eigenvalue weighted by Crippen LogP contribution is 2.15. The van der Waals surface area contributed by atoms with Gasteiger partial charge in [-0.2, -0.15) is 5.26 Å². The van der Waals surface area contributed by atoms with Crippen molar-refractivity contribution in [1.82, 2.24) is 20.4 Å². The number of nitrogens with zero attached hydrogens (tertiary/aromatic N) is 3. The Morgan fingerprint density at radius 3 is 2.46 bits per heavy atom. The Hall–Kier alpha value is -2.27. The predicted molar refractivity (Wildman–Crippen MR) is 99.2 cm³/mol. The van der Waals surface area contributed by atoms with E-state index in [-0.39, 0.29) is 17.5 Å². The lowest BCUT2D eigenvalue weighted by Gasteiger charge is -2.34. The quantitative estimate of drug-likeness (QED) is 0.415. The fourth-order valence-corrected chi connectivity index (χ4v) is 2.61. The molecular formula is C18H31N5O3. The first-order valence-electron chi connectivity index (χ1n) is 8.90. The normalized spacial score (nSPS) is 16.5. The molecule has 0 spiro atoms. The van der Waals surface area contributed by atoms with Crippen LogP contribution >= 0.6 is 0 Å². The first-order chi connectivity index (χ1) is 12.1. The number of amides is 2. The number of nitriles is 1. The summed E-state index contributed by atoms with van der Waals surface area (Å²) in [4.78, 5) is 27.9. The Labute approximate surface area is 156 Å². The summed E-state index contributed by atoms with van der Waals surface area (Å²) < 4.78 is 5.12. The van der Waals surface area contributed by atoms with Gasteiger partial charge in [-0.05, 0) is 53.8 Å². The summed E-state index contributed by atoms with van der Waals surface area (Å²) >= 11 is 0. The summed E-state index contributed by atoms with van der Waals surface area (Å²) in [5.74, 6) is -0.283. The molecule has 8 nitrogen and oxygen atoms in total. The van der Waals surface area contributed by atoms with Crippen molar-refractivity contribution in [2.24, 2.45) is 0 Å². The zero-order valence-electron chi connectivity index (χ0n) is 16.5. The van der Waals surface area contributed by atoms with Crippen LogP contribution in [-0.4, -0.2) is 73.7 Å². The average molecular weight is 365 g/mol. The van der Waals surface area contributed by atoms with Gasteiger partial charge in [-0.3, -0.25) is 4.79 Å². The Bertz CT molecular complexity index is 554. The van der Waals surface area contributed by atoms with E-state index >= 15 is 0 Å². The van der Waals surface area contributed by atoms with Crippen molar-refractivity contribution < 1.29 is 14.3 Å². The van der Waals surface area contributed by atoms with Gasteiger partial charge >= 0.3 is 6.09 Å². The summed E-state index contributed by atoms with van der Waals surface area (Å²) in [6.07, 6.45) is 2.72. The molecule has 2 N–H and O–H groups in total. The maximum Gasteiger partial charge on any atom is 0.407 e. The zero-order valence-corrected chi connectivity index (χ0v) is 16.5. The molecule has 0 unspecified atom stereocenters. The molecule has 0 saturated carbocycles. The van der Waals surface area contributed by atoms with Gasteiger partial charge in [-0.15, -0.1) is 0 Å². The molecule has 1 fully saturated rings. The van der Waals surface area contributed by atoms with Crippen LogP contribution < -0.4 is 10.6 Å². The molecule has 8 heteroatoms. The van der Waals surface area contributed by atoms with E-state index in [2.05, 4.69) is 22.6 Å². The molecule has 1 heterocycles. The lowest BCUT2D eigenvalue weighted by molar-refractivity contribution is -0.128. The number of carbonyl (C=O) groups excluding carboxylic acids is 2. The molecule has 0 aliphatic carbocycles. The Balaban J connectivity index is 2.41. The summed E-state index contributed by atoms with van der Waals surface area (Å²) in [7, 11) is 3.81. The van der Waals surface area contributed by atoms with E-state index < -0.39 is 11.7 Å². The SMILES string of the molecule is CN1CCC(N(C)C(=O)/C(C#N)=C\NCCNC(=O)OC(C)(C)C)CC1. The number of likely N-dealkylation sites (tertiary alicyclic amines) is 1. The van der Waals surface area contributed by atoms with Crippen LogP contribution in [0.15, 0.2) is 11.8 Å². The van der Waals surface area contributed by atoms with Crippen molar-refractivity contribution in [3.05, 3.63) is 11.8 Å². The highest BCUT2D eigenvalue weighted by molar-refractivity contribution is 5.97. The van der Waals surface area contributed by atoms with Gasteiger partial charge < -0.3 is 25.2 Å². The molecule has 1 rings (SSSR count).